The van der Waals surface area contributed by atoms with Crippen molar-refractivity contribution in [3.63, 3.8) is 0 Å². The number of nitrogens with zero attached hydrogens (tertiary/aromatic N) is 2. The van der Waals surface area contributed by atoms with Crippen LogP contribution >= 0.6 is 0 Å². The van der Waals surface area contributed by atoms with E-state index in [1.165, 1.54) is 0 Å². The van der Waals surface area contributed by atoms with Gasteiger partial charge in [0.1, 0.15) is 5.82 Å². The van der Waals surface area contributed by atoms with E-state index in [2.05, 4.69) is 10.2 Å². The molecule has 0 bridgehead atoms. The normalized spacial score (nSPS) is 25.4. The Kier molecular flexibility index (Phi) is 6.01. The Morgan fingerprint density at radius 1 is 1.29 bits per heavy atom. The number of aliphatic hydroxyl groups is 1. The van der Waals surface area contributed by atoms with Gasteiger partial charge in [0.2, 0.25) is 0 Å². The highest BCUT2D eigenvalue weighted by atomic mass is 16.6. The lowest BCUT2D eigenvalue weighted by Gasteiger charge is -2.29. The summed E-state index contributed by atoms with van der Waals surface area (Å²) >= 11 is 0. The number of ether oxygens (including phenoxy) is 2. The summed E-state index contributed by atoms with van der Waals surface area (Å²) in [7, 11) is 0. The van der Waals surface area contributed by atoms with Gasteiger partial charge in [-0.3, -0.25) is 0 Å². The van der Waals surface area contributed by atoms with E-state index in [1.807, 2.05) is 13.0 Å². The standard InChI is InChI=1S/C21H31N3O4/c1-14-12-18(24-8-10-27-11-9-24)23-19(15-6-7-15)20(14)28-21(26)22-13-16-4-2-3-5-17(16)25/h12,15-17,25H,2-11,13H2,1H3,(H,22,26)/t16-,17+/m0/s1. The number of carbonyl (C=O) groups excluding carboxylic acids is 1. The van der Waals surface area contributed by atoms with Crippen molar-refractivity contribution in [2.45, 2.75) is 57.5 Å². The maximum absolute atomic E-state index is 12.4. The van der Waals surface area contributed by atoms with E-state index in [1.54, 1.807) is 0 Å². The molecule has 1 saturated heterocycles. The molecule has 1 aromatic heterocycles. The summed E-state index contributed by atoms with van der Waals surface area (Å²) in [5.41, 5.74) is 1.83. The molecule has 3 fully saturated rings. The lowest BCUT2D eigenvalue weighted by molar-refractivity contribution is 0.0698. The minimum Gasteiger partial charge on any atom is -0.408 e. The second-order valence-corrected chi connectivity index (χ2v) is 8.27. The molecule has 3 aliphatic rings. The minimum atomic E-state index is -0.455. The number of amides is 1. The number of morpholine rings is 1. The molecule has 0 radical (unpaired) electrons. The fourth-order valence-electron chi connectivity index (χ4n) is 4.16. The zero-order chi connectivity index (χ0) is 19.5. The van der Waals surface area contributed by atoms with E-state index < -0.39 is 6.09 Å². The number of nitrogens with one attached hydrogen (secondary N) is 1. The Balaban J connectivity index is 1.43. The number of aromatic nitrogens is 1. The van der Waals surface area contributed by atoms with Crippen LogP contribution in [0.25, 0.3) is 0 Å². The Morgan fingerprint density at radius 2 is 2.04 bits per heavy atom. The van der Waals surface area contributed by atoms with Crippen molar-refractivity contribution >= 4 is 11.9 Å². The number of rotatable bonds is 5. The van der Waals surface area contributed by atoms with Gasteiger partial charge in [-0.15, -0.1) is 0 Å². The van der Waals surface area contributed by atoms with Crippen LogP contribution in [0.1, 0.15) is 55.7 Å². The predicted molar refractivity (Wildman–Crippen MR) is 106 cm³/mol. The summed E-state index contributed by atoms with van der Waals surface area (Å²) in [6.07, 6.45) is 5.33. The molecule has 2 aliphatic carbocycles. The van der Waals surface area contributed by atoms with Gasteiger partial charge in [0.05, 0.1) is 25.0 Å². The van der Waals surface area contributed by atoms with Gasteiger partial charge in [0.15, 0.2) is 5.75 Å². The number of aliphatic hydroxyl groups excluding tert-OH is 1. The Hall–Kier alpha value is -1.86. The quantitative estimate of drug-likeness (QED) is 0.806. The number of hydrogen-bond acceptors (Lipinski definition) is 6. The summed E-state index contributed by atoms with van der Waals surface area (Å²) in [6, 6.07) is 2.00. The van der Waals surface area contributed by atoms with Crippen LogP contribution in [0.2, 0.25) is 0 Å². The lowest BCUT2D eigenvalue weighted by atomic mass is 9.86. The third kappa shape index (κ3) is 4.58. The van der Waals surface area contributed by atoms with Gasteiger partial charge in [-0.2, -0.15) is 0 Å². The van der Waals surface area contributed by atoms with E-state index in [4.69, 9.17) is 14.5 Å². The third-order valence-electron chi connectivity index (χ3n) is 6.04. The van der Waals surface area contributed by atoms with Crippen molar-refractivity contribution in [3.8, 4) is 5.75 Å². The van der Waals surface area contributed by atoms with Crippen molar-refractivity contribution in [2.75, 3.05) is 37.7 Å². The van der Waals surface area contributed by atoms with Crippen LogP contribution in [-0.2, 0) is 4.74 Å². The first-order chi connectivity index (χ1) is 13.6. The third-order valence-corrected chi connectivity index (χ3v) is 6.04. The zero-order valence-corrected chi connectivity index (χ0v) is 16.7. The molecule has 154 valence electrons. The minimum absolute atomic E-state index is 0.118. The van der Waals surface area contributed by atoms with Crippen molar-refractivity contribution < 1.29 is 19.4 Å². The fourth-order valence-corrected chi connectivity index (χ4v) is 4.16. The van der Waals surface area contributed by atoms with Gasteiger partial charge in [0.25, 0.3) is 0 Å². The van der Waals surface area contributed by atoms with Crippen molar-refractivity contribution in [1.29, 1.82) is 0 Å². The maximum Gasteiger partial charge on any atom is 0.412 e. The summed E-state index contributed by atoms with van der Waals surface area (Å²) in [6.45, 7) is 5.53. The van der Waals surface area contributed by atoms with Crippen LogP contribution in [0.5, 0.6) is 5.75 Å². The predicted octanol–water partition coefficient (Wildman–Crippen LogP) is 2.74. The van der Waals surface area contributed by atoms with Gasteiger partial charge < -0.3 is 24.8 Å². The van der Waals surface area contributed by atoms with Crippen LogP contribution in [0.3, 0.4) is 0 Å². The van der Waals surface area contributed by atoms with Crippen molar-refractivity contribution in [1.82, 2.24) is 10.3 Å². The second kappa shape index (κ2) is 8.66. The molecule has 0 unspecified atom stereocenters. The zero-order valence-electron chi connectivity index (χ0n) is 16.7. The van der Waals surface area contributed by atoms with Crippen LogP contribution in [-0.4, -0.2) is 55.1 Å². The number of hydrogen-bond donors (Lipinski definition) is 2. The highest BCUT2D eigenvalue weighted by Gasteiger charge is 2.32. The molecule has 4 rings (SSSR count). The molecule has 2 N–H and O–H groups in total. The first kappa shape index (κ1) is 19.5. The van der Waals surface area contributed by atoms with Crippen LogP contribution < -0.4 is 15.0 Å². The van der Waals surface area contributed by atoms with Crippen molar-refractivity contribution in [3.05, 3.63) is 17.3 Å². The van der Waals surface area contributed by atoms with Crippen LogP contribution in [0.15, 0.2) is 6.07 Å². The molecule has 1 aliphatic heterocycles. The SMILES string of the molecule is Cc1cc(N2CCOCC2)nc(C2CC2)c1OC(=O)NC[C@@H]1CCCC[C@H]1O. The summed E-state index contributed by atoms with van der Waals surface area (Å²) in [5, 5.41) is 12.9. The van der Waals surface area contributed by atoms with Crippen molar-refractivity contribution in [2.24, 2.45) is 5.92 Å². The number of aryl methyl sites for hydroxylation is 1. The first-order valence-electron chi connectivity index (χ1n) is 10.6. The lowest BCUT2D eigenvalue weighted by Crippen LogP contribution is -2.38. The average Bonchev–Trinajstić information content (AvgIpc) is 3.54. The molecule has 28 heavy (non-hydrogen) atoms. The van der Waals surface area contributed by atoms with Gasteiger partial charge in [-0.05, 0) is 44.2 Å². The summed E-state index contributed by atoms with van der Waals surface area (Å²) in [4.78, 5) is 19.5. The fraction of sp³-hybridized carbons (Fsp3) is 0.714. The van der Waals surface area contributed by atoms with E-state index in [-0.39, 0.29) is 12.0 Å². The topological polar surface area (TPSA) is 83.9 Å². The monoisotopic (exact) mass is 389 g/mol. The molecule has 1 amide bonds. The highest BCUT2D eigenvalue weighted by molar-refractivity contribution is 5.71. The summed E-state index contributed by atoms with van der Waals surface area (Å²) < 4.78 is 11.1. The largest absolute Gasteiger partial charge is 0.412 e. The molecular formula is C21H31N3O4. The van der Waals surface area contributed by atoms with E-state index in [9.17, 15) is 9.90 Å². The number of pyridine rings is 1. The number of carbonyl (C=O) groups is 1. The average molecular weight is 389 g/mol. The van der Waals surface area contributed by atoms with Crippen LogP contribution in [0.4, 0.5) is 10.6 Å². The van der Waals surface area contributed by atoms with E-state index in [0.717, 1.165) is 68.7 Å². The van der Waals surface area contributed by atoms with E-state index >= 15 is 0 Å². The highest BCUT2D eigenvalue weighted by Crippen LogP contribution is 2.45. The Morgan fingerprint density at radius 3 is 2.75 bits per heavy atom. The Bertz CT molecular complexity index is 701. The first-order valence-corrected chi connectivity index (χ1v) is 10.6. The Labute approximate surface area is 166 Å². The molecule has 2 heterocycles. The van der Waals surface area contributed by atoms with Gasteiger partial charge in [-0.1, -0.05) is 12.8 Å². The molecule has 1 aromatic rings. The molecular weight excluding hydrogens is 358 g/mol. The van der Waals surface area contributed by atoms with Crippen LogP contribution in [0, 0.1) is 12.8 Å². The molecule has 2 saturated carbocycles. The van der Waals surface area contributed by atoms with Gasteiger partial charge >= 0.3 is 6.09 Å². The molecule has 2 atom stereocenters. The maximum atomic E-state index is 12.4. The molecule has 0 aromatic carbocycles. The number of anilines is 1. The van der Waals surface area contributed by atoms with E-state index in [0.29, 0.717) is 31.4 Å². The van der Waals surface area contributed by atoms with Gasteiger partial charge in [-0.25, -0.2) is 9.78 Å². The molecule has 7 heteroatoms. The smallest absolute Gasteiger partial charge is 0.408 e. The molecule has 0 spiro atoms. The molecule has 7 nitrogen and oxygen atoms in total. The van der Waals surface area contributed by atoms with Gasteiger partial charge in [0, 0.05) is 31.5 Å². The second-order valence-electron chi connectivity index (χ2n) is 8.27. The summed E-state index contributed by atoms with van der Waals surface area (Å²) in [5.74, 6) is 2.04.